The number of aliphatic hydroxyl groups excluding tert-OH is 2. The van der Waals surface area contributed by atoms with E-state index in [0.717, 1.165) is 133 Å². The largest absolute Gasteiger partial charge is 0.474 e. The normalized spacial score (nSPS) is 15.3. The lowest BCUT2D eigenvalue weighted by atomic mass is 9.91. The number of unbranched alkanes of at least 4 members (excludes halogenated alkanes) is 9. The number of aliphatic hydroxyl groups is 2. The van der Waals surface area contributed by atoms with Gasteiger partial charge in [-0.2, -0.15) is 0 Å². The summed E-state index contributed by atoms with van der Waals surface area (Å²) < 4.78 is 43.9. The molecule has 4 unspecified atom stereocenters. The molecule has 0 saturated heterocycles. The molecule has 466 valence electrons. The molecule has 0 radical (unpaired) electrons. The topological polar surface area (TPSA) is 141 Å². The van der Waals surface area contributed by atoms with Gasteiger partial charge in [0.15, 0.2) is 0 Å². The minimum atomic E-state index is -3.79. The van der Waals surface area contributed by atoms with Crippen molar-refractivity contribution in [2.75, 3.05) is 52.7 Å². The first-order chi connectivity index (χ1) is 37.3. The van der Waals surface area contributed by atoms with Crippen LogP contribution in [0.4, 0.5) is 0 Å². The highest BCUT2D eigenvalue weighted by Gasteiger charge is 2.27. The van der Waals surface area contributed by atoms with Gasteiger partial charge in [-0.3, -0.25) is 28.1 Å². The molecule has 0 aromatic rings. The number of ether oxygens (including phenoxy) is 2. The summed E-state index contributed by atoms with van der Waals surface area (Å²) in [5.41, 5.74) is 0. The summed E-state index contributed by atoms with van der Waals surface area (Å²) in [5.74, 6) is 5.42. The van der Waals surface area contributed by atoms with E-state index in [0.29, 0.717) is 75.4 Å². The molecule has 0 aromatic heterocycles. The summed E-state index contributed by atoms with van der Waals surface area (Å²) >= 11 is 0. The molecule has 78 heavy (non-hydrogen) atoms. The molecule has 4 atom stereocenters. The third kappa shape index (κ3) is 50.6. The van der Waals surface area contributed by atoms with E-state index in [1.54, 1.807) is 0 Å². The highest BCUT2D eigenvalue weighted by Crippen LogP contribution is 2.50. The van der Waals surface area contributed by atoms with Crippen molar-refractivity contribution in [1.29, 1.82) is 0 Å². The van der Waals surface area contributed by atoms with Crippen LogP contribution in [0, 0.1) is 47.3 Å². The van der Waals surface area contributed by atoms with Crippen LogP contribution < -0.4 is 0 Å². The van der Waals surface area contributed by atoms with Gasteiger partial charge in [0.2, 0.25) is 0 Å². The molecule has 2 N–H and O–H groups in total. The van der Waals surface area contributed by atoms with E-state index < -0.39 is 7.82 Å². The van der Waals surface area contributed by atoms with Gasteiger partial charge in [0.25, 0.3) is 0 Å². The van der Waals surface area contributed by atoms with E-state index in [9.17, 15) is 24.4 Å². The molecule has 11 nitrogen and oxygen atoms in total. The minimum Gasteiger partial charge on any atom is -0.462 e. The number of rotatable bonds is 58. The first-order valence-corrected chi connectivity index (χ1v) is 34.6. The fourth-order valence-corrected chi connectivity index (χ4v) is 11.8. The number of phosphoric acid groups is 1. The molecule has 0 rings (SSSR count). The summed E-state index contributed by atoms with van der Waals surface area (Å²) in [6.45, 7) is 30.3. The molecule has 0 bridgehead atoms. The number of nitrogens with zero attached hydrogens (tertiary/aromatic N) is 1. The van der Waals surface area contributed by atoms with E-state index in [-0.39, 0.29) is 57.2 Å². The molecule has 0 aliphatic rings. The second-order valence-electron chi connectivity index (χ2n) is 26.2. The summed E-state index contributed by atoms with van der Waals surface area (Å²) in [7, 11) is -3.79. The summed E-state index contributed by atoms with van der Waals surface area (Å²) in [5, 5.41) is 18.8. The van der Waals surface area contributed by atoms with Crippen molar-refractivity contribution in [3.05, 3.63) is 0 Å². The molecule has 0 aromatic carbocycles. The Kier molecular flexibility index (Phi) is 50.9. The van der Waals surface area contributed by atoms with E-state index >= 15 is 0 Å². The Bertz CT molecular complexity index is 1260. The lowest BCUT2D eigenvalue weighted by Gasteiger charge is -2.22. The van der Waals surface area contributed by atoms with Crippen molar-refractivity contribution < 1.29 is 47.4 Å². The molecule has 0 fully saturated rings. The predicted molar refractivity (Wildman–Crippen MR) is 329 cm³/mol. The molecule has 0 saturated carbocycles. The van der Waals surface area contributed by atoms with Crippen molar-refractivity contribution in [3.8, 4) is 0 Å². The summed E-state index contributed by atoms with van der Waals surface area (Å²) in [4.78, 5) is 28.2. The Morgan fingerprint density at radius 1 is 0.346 bits per heavy atom. The third-order valence-corrected chi connectivity index (χ3v) is 17.4. The maximum atomic E-state index is 13.9. The van der Waals surface area contributed by atoms with Gasteiger partial charge in [0, 0.05) is 25.9 Å². The monoisotopic (exact) mass is 1130 g/mol. The predicted octanol–water partition coefficient (Wildman–Crippen LogP) is 18.7. The fraction of sp³-hybridized carbons (Fsp3) is 0.970. The van der Waals surface area contributed by atoms with Crippen molar-refractivity contribution in [2.24, 2.45) is 47.3 Å². The van der Waals surface area contributed by atoms with Gasteiger partial charge in [0.05, 0.1) is 33.0 Å². The Hall–Kier alpha value is -1.07. The van der Waals surface area contributed by atoms with E-state index in [4.69, 9.17) is 23.0 Å². The lowest BCUT2D eigenvalue weighted by molar-refractivity contribution is -0.151. The molecular formula is C66H132NO10P. The second-order valence-corrected chi connectivity index (χ2v) is 27.9. The van der Waals surface area contributed by atoms with Crippen molar-refractivity contribution in [3.63, 3.8) is 0 Å². The summed E-state index contributed by atoms with van der Waals surface area (Å²) in [6, 6.07) is 0. The standard InChI is InChI=1S/C66H132NO10P/c1-55(2)29-25-33-59(9)39-43-63(44-40-60(10)34-26-30-56(3)4)76-65(70)37-19-15-13-17-22-52-73-78(72,75-54-24-21-47-67(48-50-68)49-51-69)74-53-23-18-14-16-20-38-66(71)77-64(45-41-61(11)35-27-31-57(5)6)46-42-62(12)36-28-32-58(7)8/h55-64,68-69H,13-54H2,1-12H3. The van der Waals surface area contributed by atoms with E-state index in [1.807, 2.05) is 4.90 Å². The minimum absolute atomic E-state index is 0.00364. The first kappa shape index (κ1) is 76.9. The molecule has 12 heteroatoms. The fourth-order valence-electron chi connectivity index (χ4n) is 10.5. The maximum absolute atomic E-state index is 13.9. The van der Waals surface area contributed by atoms with Crippen LogP contribution in [0.25, 0.3) is 0 Å². The Morgan fingerprint density at radius 2 is 0.628 bits per heavy atom. The molecular weight excluding hydrogens is 998 g/mol. The van der Waals surface area contributed by atoms with Gasteiger partial charge >= 0.3 is 19.8 Å². The van der Waals surface area contributed by atoms with Gasteiger partial charge in [-0.25, -0.2) is 4.57 Å². The van der Waals surface area contributed by atoms with Crippen molar-refractivity contribution >= 4 is 19.8 Å². The van der Waals surface area contributed by atoms with Crippen LogP contribution in [0.5, 0.6) is 0 Å². The Labute approximate surface area is 483 Å². The molecule has 0 spiro atoms. The van der Waals surface area contributed by atoms with Crippen LogP contribution in [-0.2, 0) is 37.2 Å². The van der Waals surface area contributed by atoms with Crippen LogP contribution in [0.2, 0.25) is 0 Å². The lowest BCUT2D eigenvalue weighted by Crippen LogP contribution is -2.30. The van der Waals surface area contributed by atoms with Gasteiger partial charge in [0.1, 0.15) is 12.2 Å². The highest BCUT2D eigenvalue weighted by atomic mass is 31.2. The molecule has 0 amide bonds. The Balaban J connectivity index is 5.05. The highest BCUT2D eigenvalue weighted by molar-refractivity contribution is 7.48. The van der Waals surface area contributed by atoms with Gasteiger partial charge in [-0.1, -0.05) is 199 Å². The van der Waals surface area contributed by atoms with Gasteiger partial charge in [-0.05, 0) is 144 Å². The summed E-state index contributed by atoms with van der Waals surface area (Å²) in [6.07, 6.45) is 34.2. The zero-order valence-corrected chi connectivity index (χ0v) is 54.4. The van der Waals surface area contributed by atoms with E-state index in [2.05, 4.69) is 83.1 Å². The number of hydrogen-bond acceptors (Lipinski definition) is 11. The number of phosphoric ester groups is 1. The van der Waals surface area contributed by atoms with Crippen LogP contribution in [0.3, 0.4) is 0 Å². The maximum Gasteiger partial charge on any atom is 0.474 e. The second kappa shape index (κ2) is 51.6. The van der Waals surface area contributed by atoms with Gasteiger partial charge in [-0.15, -0.1) is 0 Å². The van der Waals surface area contributed by atoms with Crippen LogP contribution in [0.15, 0.2) is 0 Å². The van der Waals surface area contributed by atoms with Gasteiger partial charge < -0.3 is 19.7 Å². The van der Waals surface area contributed by atoms with Crippen LogP contribution in [-0.4, -0.2) is 91.9 Å². The van der Waals surface area contributed by atoms with Crippen molar-refractivity contribution in [1.82, 2.24) is 4.90 Å². The number of esters is 2. The SMILES string of the molecule is CC(C)CCCC(C)CCC(CCC(C)CCCC(C)C)OC(=O)CCCCCCCOP(=O)(OCCCCCCCC(=O)OC(CCC(C)CCCC(C)C)CCC(C)CCCC(C)C)OCCCCN(CCO)CCO. The smallest absolute Gasteiger partial charge is 0.462 e. The quantitative estimate of drug-likeness (QED) is 0.0342. The number of carbonyl (C=O) groups is 2. The zero-order valence-electron chi connectivity index (χ0n) is 53.5. The number of hydrogen-bond donors (Lipinski definition) is 2. The van der Waals surface area contributed by atoms with Crippen LogP contribution >= 0.6 is 7.82 Å². The first-order valence-electron chi connectivity index (χ1n) is 33.1. The zero-order chi connectivity index (χ0) is 58.2. The molecule has 0 aliphatic heterocycles. The third-order valence-electron chi connectivity index (χ3n) is 15.9. The molecule has 0 aliphatic carbocycles. The van der Waals surface area contributed by atoms with Crippen LogP contribution in [0.1, 0.15) is 301 Å². The Morgan fingerprint density at radius 3 is 0.923 bits per heavy atom. The van der Waals surface area contributed by atoms with Crippen molar-refractivity contribution in [2.45, 2.75) is 314 Å². The average Bonchev–Trinajstić information content (AvgIpc) is 3.36. The van der Waals surface area contributed by atoms with E-state index in [1.165, 1.54) is 77.0 Å². The number of carbonyl (C=O) groups excluding carboxylic acids is 2. The molecule has 0 heterocycles. The average molecular weight is 1130 g/mol.